The normalized spacial score (nSPS) is 18.6. The molecule has 1 heterocycles. The molecule has 2 N–H and O–H groups in total. The number of nitrogens with one attached hydrogen (secondary N) is 1. The molecule has 0 saturated carbocycles. The number of hydrogen-bond donors (Lipinski definition) is 2. The SMILES string of the molecule is O=C(Cc1ccccc1)NCCC(=O)N1CC(C(=O)O)C(c2ccccc2)C1. The fraction of sp³-hybridized carbons (Fsp3) is 0.318. The van der Waals surface area contributed by atoms with Gasteiger partial charge in [0.2, 0.25) is 11.8 Å². The lowest BCUT2D eigenvalue weighted by Gasteiger charge is -2.17. The number of likely N-dealkylation sites (tertiary alicyclic amines) is 1. The Kier molecular flexibility index (Phi) is 6.42. The van der Waals surface area contributed by atoms with Crippen LogP contribution in [0.25, 0.3) is 0 Å². The van der Waals surface area contributed by atoms with Gasteiger partial charge in [0.25, 0.3) is 0 Å². The third-order valence-corrected chi connectivity index (χ3v) is 5.09. The fourth-order valence-corrected chi connectivity index (χ4v) is 3.61. The highest BCUT2D eigenvalue weighted by molar-refractivity contribution is 5.81. The van der Waals surface area contributed by atoms with E-state index in [0.29, 0.717) is 6.54 Å². The first kappa shape index (κ1) is 19.6. The molecule has 2 aromatic rings. The van der Waals surface area contributed by atoms with Crippen molar-refractivity contribution in [3.63, 3.8) is 0 Å². The van der Waals surface area contributed by atoms with Gasteiger partial charge in [0.1, 0.15) is 0 Å². The van der Waals surface area contributed by atoms with Crippen molar-refractivity contribution in [1.82, 2.24) is 10.2 Å². The second-order valence-corrected chi connectivity index (χ2v) is 7.02. The van der Waals surface area contributed by atoms with E-state index in [1.807, 2.05) is 60.7 Å². The Bertz CT molecular complexity index is 823. The van der Waals surface area contributed by atoms with E-state index in [1.54, 1.807) is 4.90 Å². The van der Waals surface area contributed by atoms with Gasteiger partial charge in [0.05, 0.1) is 12.3 Å². The minimum atomic E-state index is -0.889. The maximum atomic E-state index is 12.5. The second-order valence-electron chi connectivity index (χ2n) is 7.02. The molecule has 6 nitrogen and oxygen atoms in total. The highest BCUT2D eigenvalue weighted by Gasteiger charge is 2.40. The molecule has 0 aliphatic carbocycles. The zero-order valence-corrected chi connectivity index (χ0v) is 15.6. The number of amides is 2. The lowest BCUT2D eigenvalue weighted by molar-refractivity contribution is -0.141. The summed E-state index contributed by atoms with van der Waals surface area (Å²) in [6.45, 7) is 0.832. The molecule has 2 aromatic carbocycles. The van der Waals surface area contributed by atoms with Gasteiger partial charge in [-0.2, -0.15) is 0 Å². The van der Waals surface area contributed by atoms with E-state index in [-0.39, 0.29) is 43.7 Å². The average Bonchev–Trinajstić information content (AvgIpc) is 3.15. The van der Waals surface area contributed by atoms with E-state index in [1.165, 1.54) is 0 Å². The molecule has 2 unspecified atom stereocenters. The lowest BCUT2D eigenvalue weighted by Crippen LogP contribution is -2.34. The number of carbonyl (C=O) groups is 3. The quantitative estimate of drug-likeness (QED) is 0.770. The molecule has 28 heavy (non-hydrogen) atoms. The number of rotatable bonds is 7. The Labute approximate surface area is 164 Å². The van der Waals surface area contributed by atoms with Gasteiger partial charge < -0.3 is 15.3 Å². The van der Waals surface area contributed by atoms with Gasteiger partial charge in [-0.1, -0.05) is 60.7 Å². The van der Waals surface area contributed by atoms with Crippen LogP contribution in [-0.4, -0.2) is 47.4 Å². The average molecular weight is 380 g/mol. The van der Waals surface area contributed by atoms with Crippen LogP contribution < -0.4 is 5.32 Å². The van der Waals surface area contributed by atoms with Crippen molar-refractivity contribution < 1.29 is 19.5 Å². The van der Waals surface area contributed by atoms with E-state index in [4.69, 9.17) is 0 Å². The van der Waals surface area contributed by atoms with Crippen LogP contribution in [0, 0.1) is 5.92 Å². The Morgan fingerprint density at radius 2 is 1.61 bits per heavy atom. The summed E-state index contributed by atoms with van der Waals surface area (Å²) in [6.07, 6.45) is 0.435. The Morgan fingerprint density at radius 3 is 2.25 bits per heavy atom. The molecular weight excluding hydrogens is 356 g/mol. The predicted molar refractivity (Wildman–Crippen MR) is 105 cm³/mol. The van der Waals surface area contributed by atoms with Gasteiger partial charge in [0, 0.05) is 32.0 Å². The monoisotopic (exact) mass is 380 g/mol. The predicted octanol–water partition coefficient (Wildman–Crippen LogP) is 2.06. The summed E-state index contributed by atoms with van der Waals surface area (Å²) >= 11 is 0. The Morgan fingerprint density at radius 1 is 0.964 bits per heavy atom. The second kappa shape index (κ2) is 9.17. The van der Waals surface area contributed by atoms with Gasteiger partial charge in [-0.15, -0.1) is 0 Å². The van der Waals surface area contributed by atoms with Crippen LogP contribution in [0.5, 0.6) is 0 Å². The Hall–Kier alpha value is -3.15. The molecule has 0 spiro atoms. The van der Waals surface area contributed by atoms with Crippen molar-refractivity contribution in [3.05, 3.63) is 71.8 Å². The summed E-state index contributed by atoms with van der Waals surface area (Å²) in [5.74, 6) is -1.98. The van der Waals surface area contributed by atoms with Crippen molar-refractivity contribution in [1.29, 1.82) is 0 Å². The van der Waals surface area contributed by atoms with Crippen LogP contribution in [0.4, 0.5) is 0 Å². The molecule has 146 valence electrons. The van der Waals surface area contributed by atoms with Crippen LogP contribution in [0.2, 0.25) is 0 Å². The van der Waals surface area contributed by atoms with Crippen molar-refractivity contribution >= 4 is 17.8 Å². The van der Waals surface area contributed by atoms with Crippen LogP contribution in [0.3, 0.4) is 0 Å². The molecule has 1 aliphatic heterocycles. The van der Waals surface area contributed by atoms with Crippen LogP contribution in [0.1, 0.15) is 23.5 Å². The molecule has 1 saturated heterocycles. The van der Waals surface area contributed by atoms with Crippen LogP contribution in [-0.2, 0) is 20.8 Å². The van der Waals surface area contributed by atoms with Crippen LogP contribution >= 0.6 is 0 Å². The van der Waals surface area contributed by atoms with E-state index >= 15 is 0 Å². The number of aliphatic carboxylic acids is 1. The van der Waals surface area contributed by atoms with Gasteiger partial charge in [-0.3, -0.25) is 14.4 Å². The molecule has 0 aromatic heterocycles. The van der Waals surface area contributed by atoms with Crippen molar-refractivity contribution in [2.24, 2.45) is 5.92 Å². The first-order chi connectivity index (χ1) is 13.5. The number of nitrogens with zero attached hydrogens (tertiary/aromatic N) is 1. The summed E-state index contributed by atoms with van der Waals surface area (Å²) in [5, 5.41) is 12.3. The highest BCUT2D eigenvalue weighted by atomic mass is 16.4. The number of hydrogen-bond acceptors (Lipinski definition) is 3. The minimum Gasteiger partial charge on any atom is -0.481 e. The van der Waals surface area contributed by atoms with Gasteiger partial charge >= 0.3 is 5.97 Å². The van der Waals surface area contributed by atoms with Crippen molar-refractivity contribution in [2.45, 2.75) is 18.8 Å². The molecule has 1 fully saturated rings. The van der Waals surface area contributed by atoms with Crippen molar-refractivity contribution in [3.8, 4) is 0 Å². The van der Waals surface area contributed by atoms with Gasteiger partial charge in [-0.05, 0) is 11.1 Å². The molecule has 3 rings (SSSR count). The van der Waals surface area contributed by atoms with E-state index in [0.717, 1.165) is 11.1 Å². The summed E-state index contributed by atoms with van der Waals surface area (Å²) in [4.78, 5) is 37.7. The molecular formula is C22H24N2O4. The first-order valence-electron chi connectivity index (χ1n) is 9.40. The van der Waals surface area contributed by atoms with Crippen molar-refractivity contribution in [2.75, 3.05) is 19.6 Å². The Balaban J connectivity index is 1.50. The van der Waals surface area contributed by atoms with E-state index in [2.05, 4.69) is 5.32 Å². The zero-order chi connectivity index (χ0) is 19.9. The largest absolute Gasteiger partial charge is 0.481 e. The highest BCUT2D eigenvalue weighted by Crippen LogP contribution is 2.33. The smallest absolute Gasteiger partial charge is 0.308 e. The van der Waals surface area contributed by atoms with Gasteiger partial charge in [-0.25, -0.2) is 0 Å². The maximum Gasteiger partial charge on any atom is 0.308 e. The summed E-state index contributed by atoms with van der Waals surface area (Å²) in [5.41, 5.74) is 1.85. The molecule has 6 heteroatoms. The van der Waals surface area contributed by atoms with Crippen LogP contribution in [0.15, 0.2) is 60.7 Å². The lowest BCUT2D eigenvalue weighted by atomic mass is 9.89. The third-order valence-electron chi connectivity index (χ3n) is 5.09. The third kappa shape index (κ3) is 4.97. The maximum absolute atomic E-state index is 12.5. The molecule has 2 amide bonds. The van der Waals surface area contributed by atoms with E-state index in [9.17, 15) is 19.5 Å². The summed E-state index contributed by atoms with van der Waals surface area (Å²) in [7, 11) is 0. The number of benzene rings is 2. The zero-order valence-electron chi connectivity index (χ0n) is 15.6. The van der Waals surface area contributed by atoms with E-state index < -0.39 is 11.9 Å². The number of carboxylic acids is 1. The molecule has 2 atom stereocenters. The molecule has 0 bridgehead atoms. The van der Waals surface area contributed by atoms with Gasteiger partial charge in [0.15, 0.2) is 0 Å². The fourth-order valence-electron chi connectivity index (χ4n) is 3.61. The minimum absolute atomic E-state index is 0.133. The topological polar surface area (TPSA) is 86.7 Å². The summed E-state index contributed by atoms with van der Waals surface area (Å²) < 4.78 is 0. The molecule has 0 radical (unpaired) electrons. The first-order valence-corrected chi connectivity index (χ1v) is 9.40. The number of carboxylic acid groups (broad SMARTS) is 1. The number of carbonyl (C=O) groups excluding carboxylic acids is 2. The molecule has 1 aliphatic rings. The summed E-state index contributed by atoms with van der Waals surface area (Å²) in [6, 6.07) is 18.8. The standard InChI is InChI=1S/C22H24N2O4/c25-20(13-16-7-3-1-4-8-16)23-12-11-21(26)24-14-18(19(15-24)22(27)28)17-9-5-2-6-10-17/h1-10,18-19H,11-15H2,(H,23,25)(H,27,28).